The van der Waals surface area contributed by atoms with Crippen molar-refractivity contribution < 1.29 is 9.59 Å². The summed E-state index contributed by atoms with van der Waals surface area (Å²) in [5.74, 6) is -0.603. The zero-order valence-corrected chi connectivity index (χ0v) is 16.5. The molecular formula is C23H25N3O2. The van der Waals surface area contributed by atoms with Crippen molar-refractivity contribution in [1.82, 2.24) is 15.2 Å². The van der Waals surface area contributed by atoms with Crippen LogP contribution in [0.3, 0.4) is 0 Å². The average molecular weight is 375 g/mol. The van der Waals surface area contributed by atoms with Crippen LogP contribution in [0.15, 0.2) is 60.4 Å². The van der Waals surface area contributed by atoms with Gasteiger partial charge in [-0.3, -0.25) is 9.59 Å². The van der Waals surface area contributed by atoms with Gasteiger partial charge in [0.1, 0.15) is 5.70 Å². The molecule has 1 aromatic heterocycles. The van der Waals surface area contributed by atoms with E-state index in [9.17, 15) is 9.59 Å². The summed E-state index contributed by atoms with van der Waals surface area (Å²) in [6.45, 7) is 4.50. The molecule has 5 nitrogen and oxygen atoms in total. The largest absolute Gasteiger partial charge is 0.351 e. The van der Waals surface area contributed by atoms with Crippen LogP contribution in [0, 0.1) is 6.92 Å². The minimum atomic E-state index is -0.307. The van der Waals surface area contributed by atoms with Crippen LogP contribution in [0.4, 0.5) is 0 Å². The molecule has 3 aromatic rings. The molecule has 0 spiro atoms. The van der Waals surface area contributed by atoms with Crippen LogP contribution in [-0.2, 0) is 11.8 Å². The Kier molecular flexibility index (Phi) is 5.94. The number of aromatic nitrogens is 1. The Morgan fingerprint density at radius 2 is 1.79 bits per heavy atom. The molecule has 0 atom stereocenters. The first kappa shape index (κ1) is 19.4. The highest BCUT2D eigenvalue weighted by Gasteiger charge is 2.15. The molecule has 0 aliphatic heterocycles. The zero-order valence-electron chi connectivity index (χ0n) is 16.5. The van der Waals surface area contributed by atoms with Gasteiger partial charge in [0.05, 0.1) is 0 Å². The van der Waals surface area contributed by atoms with Gasteiger partial charge in [-0.25, -0.2) is 0 Å². The number of hydrogen-bond acceptors (Lipinski definition) is 2. The molecule has 0 unspecified atom stereocenters. The molecule has 0 fully saturated rings. The fourth-order valence-electron chi connectivity index (χ4n) is 3.04. The van der Waals surface area contributed by atoms with Gasteiger partial charge in [0.25, 0.3) is 11.8 Å². The number of rotatable bonds is 6. The number of aryl methyl sites for hydroxylation is 2. The maximum absolute atomic E-state index is 12.7. The number of nitrogens with one attached hydrogen (secondary N) is 2. The number of nitrogens with zero attached hydrogens (tertiary/aromatic N) is 1. The molecule has 0 saturated heterocycles. The van der Waals surface area contributed by atoms with Crippen molar-refractivity contribution in [1.29, 1.82) is 0 Å². The molecule has 0 radical (unpaired) electrons. The minimum absolute atomic E-state index is 0.232. The molecule has 0 aliphatic rings. The molecule has 0 bridgehead atoms. The lowest BCUT2D eigenvalue weighted by molar-refractivity contribution is -0.117. The molecule has 5 heteroatoms. The van der Waals surface area contributed by atoms with Crippen LogP contribution in [0.1, 0.15) is 34.8 Å². The van der Waals surface area contributed by atoms with Crippen molar-refractivity contribution in [3.8, 4) is 0 Å². The molecule has 2 amide bonds. The van der Waals surface area contributed by atoms with E-state index in [0.717, 1.165) is 28.5 Å². The maximum atomic E-state index is 12.7. The van der Waals surface area contributed by atoms with Gasteiger partial charge in [0.15, 0.2) is 0 Å². The van der Waals surface area contributed by atoms with Crippen molar-refractivity contribution in [3.63, 3.8) is 0 Å². The summed E-state index contributed by atoms with van der Waals surface area (Å²) < 4.78 is 2.00. The number of fused-ring (bicyclic) bond motifs is 1. The first-order valence-electron chi connectivity index (χ1n) is 9.41. The molecule has 2 aromatic carbocycles. The van der Waals surface area contributed by atoms with Crippen LogP contribution in [0.5, 0.6) is 0 Å². The van der Waals surface area contributed by atoms with E-state index in [4.69, 9.17) is 0 Å². The predicted octanol–water partition coefficient (Wildman–Crippen LogP) is 3.78. The Hall–Kier alpha value is -3.34. The molecular weight excluding hydrogens is 350 g/mol. The van der Waals surface area contributed by atoms with Crippen LogP contribution >= 0.6 is 0 Å². The predicted molar refractivity (Wildman–Crippen MR) is 113 cm³/mol. The number of para-hydroxylation sites is 1. The summed E-state index contributed by atoms with van der Waals surface area (Å²) >= 11 is 0. The monoisotopic (exact) mass is 375 g/mol. The molecule has 0 saturated carbocycles. The van der Waals surface area contributed by atoms with Crippen LogP contribution in [0.25, 0.3) is 17.0 Å². The fourth-order valence-corrected chi connectivity index (χ4v) is 3.04. The van der Waals surface area contributed by atoms with Crippen molar-refractivity contribution in [2.45, 2.75) is 20.3 Å². The van der Waals surface area contributed by atoms with E-state index in [2.05, 4.69) is 10.6 Å². The second kappa shape index (κ2) is 8.57. The van der Waals surface area contributed by atoms with E-state index in [-0.39, 0.29) is 17.5 Å². The second-order valence-corrected chi connectivity index (χ2v) is 6.85. The molecule has 28 heavy (non-hydrogen) atoms. The number of carbonyl (C=O) groups is 2. The van der Waals surface area contributed by atoms with E-state index < -0.39 is 0 Å². The Morgan fingerprint density at radius 3 is 2.50 bits per heavy atom. The lowest BCUT2D eigenvalue weighted by Crippen LogP contribution is -2.35. The standard InChI is InChI=1S/C23H25N3O2/c1-4-13-24-23(28)20(25-22(27)17-11-9-16(2)10-12-17)14-18-15-26(3)21-8-6-5-7-19(18)21/h5-12,14-15H,4,13H2,1-3H3,(H,24,28)(H,25,27). The first-order chi connectivity index (χ1) is 13.5. The van der Waals surface area contributed by atoms with Gasteiger partial charge in [-0.2, -0.15) is 0 Å². The zero-order chi connectivity index (χ0) is 20.1. The quantitative estimate of drug-likeness (QED) is 0.644. The summed E-state index contributed by atoms with van der Waals surface area (Å²) in [4.78, 5) is 25.3. The van der Waals surface area contributed by atoms with E-state index >= 15 is 0 Å². The third-order valence-corrected chi connectivity index (χ3v) is 4.57. The first-order valence-corrected chi connectivity index (χ1v) is 9.41. The minimum Gasteiger partial charge on any atom is -0.351 e. The van der Waals surface area contributed by atoms with Crippen LogP contribution in [0.2, 0.25) is 0 Å². The van der Waals surface area contributed by atoms with E-state index in [1.54, 1.807) is 18.2 Å². The number of amides is 2. The third-order valence-electron chi connectivity index (χ3n) is 4.57. The smallest absolute Gasteiger partial charge is 0.267 e. The molecule has 144 valence electrons. The molecule has 2 N–H and O–H groups in total. The number of benzene rings is 2. The number of hydrogen-bond donors (Lipinski definition) is 2. The van der Waals surface area contributed by atoms with Gasteiger partial charge in [-0.15, -0.1) is 0 Å². The van der Waals surface area contributed by atoms with Gasteiger partial charge in [-0.1, -0.05) is 42.8 Å². The van der Waals surface area contributed by atoms with Gasteiger partial charge >= 0.3 is 0 Å². The summed E-state index contributed by atoms with van der Waals surface area (Å²) in [5.41, 5.74) is 3.76. The normalized spacial score (nSPS) is 11.5. The van der Waals surface area contributed by atoms with E-state index in [1.807, 2.05) is 68.1 Å². The van der Waals surface area contributed by atoms with E-state index in [1.165, 1.54) is 0 Å². The Morgan fingerprint density at radius 1 is 1.07 bits per heavy atom. The highest BCUT2D eigenvalue weighted by Crippen LogP contribution is 2.22. The highest BCUT2D eigenvalue weighted by atomic mass is 16.2. The molecule has 3 rings (SSSR count). The number of carbonyl (C=O) groups excluding carboxylic acids is 2. The van der Waals surface area contributed by atoms with Crippen molar-refractivity contribution >= 4 is 28.8 Å². The lowest BCUT2D eigenvalue weighted by Gasteiger charge is -2.11. The summed E-state index contributed by atoms with van der Waals surface area (Å²) in [6.07, 6.45) is 4.51. The summed E-state index contributed by atoms with van der Waals surface area (Å²) in [7, 11) is 1.96. The molecule has 1 heterocycles. The fraction of sp³-hybridized carbons (Fsp3) is 0.217. The lowest BCUT2D eigenvalue weighted by atomic mass is 10.1. The van der Waals surface area contributed by atoms with Gasteiger partial charge in [0, 0.05) is 41.8 Å². The SMILES string of the molecule is CCCNC(=O)C(=Cc1cn(C)c2ccccc12)NC(=O)c1ccc(C)cc1. The average Bonchev–Trinajstić information content (AvgIpc) is 3.02. The summed E-state index contributed by atoms with van der Waals surface area (Å²) in [6, 6.07) is 15.2. The van der Waals surface area contributed by atoms with Crippen molar-refractivity contribution in [2.75, 3.05) is 6.54 Å². The van der Waals surface area contributed by atoms with E-state index in [0.29, 0.717) is 12.1 Å². The Labute approximate surface area is 165 Å². The third kappa shape index (κ3) is 4.31. The van der Waals surface area contributed by atoms with Crippen molar-refractivity contribution in [3.05, 3.63) is 77.1 Å². The Bertz CT molecular complexity index is 1030. The van der Waals surface area contributed by atoms with Crippen molar-refractivity contribution in [2.24, 2.45) is 7.05 Å². The summed E-state index contributed by atoms with van der Waals surface area (Å²) in [5, 5.41) is 6.65. The highest BCUT2D eigenvalue weighted by molar-refractivity contribution is 6.06. The van der Waals surface area contributed by atoms with Crippen LogP contribution < -0.4 is 10.6 Å². The van der Waals surface area contributed by atoms with Crippen LogP contribution in [-0.4, -0.2) is 22.9 Å². The second-order valence-electron chi connectivity index (χ2n) is 6.85. The van der Waals surface area contributed by atoms with Gasteiger partial charge in [0.2, 0.25) is 0 Å². The molecule has 0 aliphatic carbocycles. The van der Waals surface area contributed by atoms with Gasteiger partial charge < -0.3 is 15.2 Å². The maximum Gasteiger partial charge on any atom is 0.267 e. The topological polar surface area (TPSA) is 63.1 Å². The van der Waals surface area contributed by atoms with Gasteiger partial charge in [-0.05, 0) is 37.6 Å². The Balaban J connectivity index is 1.96.